The summed E-state index contributed by atoms with van der Waals surface area (Å²) >= 11 is 1.14. The number of alkyl halides is 3. The van der Waals surface area contributed by atoms with Crippen molar-refractivity contribution in [2.75, 3.05) is 5.32 Å². The molecule has 0 saturated heterocycles. The standard InChI is InChI=1S/C27H24F3N3O3S/c1-15(2)13-22(25(35)36)32-24(34)18-5-3-16(4-6-18)17-7-10-20(11-8-17)31-26-33-21-12-9-19(27(28,29)30)14-23(21)37-26/h3-12,14-15,22H,13H2,1-2H3,(H,31,33)(H,32,34)(H,35,36)/t22-/m0/s1. The molecule has 0 saturated carbocycles. The summed E-state index contributed by atoms with van der Waals surface area (Å²) in [5.41, 5.74) is 2.61. The fourth-order valence-electron chi connectivity index (χ4n) is 3.77. The van der Waals surface area contributed by atoms with Crippen molar-refractivity contribution in [2.45, 2.75) is 32.5 Å². The van der Waals surface area contributed by atoms with E-state index >= 15 is 0 Å². The number of halogens is 3. The quantitative estimate of drug-likeness (QED) is 0.231. The van der Waals surface area contributed by atoms with E-state index in [9.17, 15) is 27.9 Å². The topological polar surface area (TPSA) is 91.3 Å². The van der Waals surface area contributed by atoms with Crippen LogP contribution < -0.4 is 10.6 Å². The minimum atomic E-state index is -4.40. The summed E-state index contributed by atoms with van der Waals surface area (Å²) in [7, 11) is 0. The molecule has 0 aliphatic rings. The third-order valence-corrected chi connectivity index (χ3v) is 6.58. The van der Waals surface area contributed by atoms with Crippen molar-refractivity contribution < 1.29 is 27.9 Å². The maximum absolute atomic E-state index is 13.0. The monoisotopic (exact) mass is 527 g/mol. The Morgan fingerprint density at radius 1 is 0.973 bits per heavy atom. The highest BCUT2D eigenvalue weighted by molar-refractivity contribution is 7.22. The smallest absolute Gasteiger partial charge is 0.416 e. The molecule has 37 heavy (non-hydrogen) atoms. The Kier molecular flexibility index (Phi) is 7.49. The number of aromatic nitrogens is 1. The molecule has 0 fully saturated rings. The third kappa shape index (κ3) is 6.45. The molecular formula is C27H24F3N3O3S. The molecule has 1 atom stereocenters. The Morgan fingerprint density at radius 2 is 1.59 bits per heavy atom. The van der Waals surface area contributed by atoms with Gasteiger partial charge in [0.2, 0.25) is 0 Å². The van der Waals surface area contributed by atoms with E-state index in [0.717, 1.165) is 40.3 Å². The van der Waals surface area contributed by atoms with Gasteiger partial charge in [-0.2, -0.15) is 13.2 Å². The zero-order valence-electron chi connectivity index (χ0n) is 20.0. The number of nitrogens with one attached hydrogen (secondary N) is 2. The highest BCUT2D eigenvalue weighted by Crippen LogP contribution is 2.35. The van der Waals surface area contributed by atoms with E-state index in [4.69, 9.17) is 0 Å². The van der Waals surface area contributed by atoms with Crippen molar-refractivity contribution in [3.8, 4) is 11.1 Å². The molecule has 4 aromatic rings. The molecule has 0 spiro atoms. The number of nitrogens with zero attached hydrogens (tertiary/aromatic N) is 1. The van der Waals surface area contributed by atoms with E-state index in [0.29, 0.717) is 27.3 Å². The van der Waals surface area contributed by atoms with Gasteiger partial charge in [-0.25, -0.2) is 9.78 Å². The number of benzene rings is 3. The normalized spacial score (nSPS) is 12.5. The van der Waals surface area contributed by atoms with Crippen LogP contribution >= 0.6 is 11.3 Å². The minimum absolute atomic E-state index is 0.123. The highest BCUT2D eigenvalue weighted by atomic mass is 32.1. The summed E-state index contributed by atoms with van der Waals surface area (Å²) in [6.07, 6.45) is -4.07. The van der Waals surface area contributed by atoms with Crippen molar-refractivity contribution in [1.82, 2.24) is 10.3 Å². The molecule has 0 aliphatic carbocycles. The SMILES string of the molecule is CC(C)C[C@H](NC(=O)c1ccc(-c2ccc(Nc3nc4ccc(C(F)(F)F)cc4s3)cc2)cc1)C(=O)O. The molecule has 1 amide bonds. The lowest BCUT2D eigenvalue weighted by Gasteiger charge is -2.16. The Bertz CT molecular complexity index is 1420. The Balaban J connectivity index is 1.42. The van der Waals surface area contributed by atoms with Gasteiger partial charge in [0, 0.05) is 11.3 Å². The highest BCUT2D eigenvalue weighted by Gasteiger charge is 2.30. The predicted molar refractivity (Wildman–Crippen MR) is 138 cm³/mol. The number of anilines is 2. The number of rotatable bonds is 8. The molecule has 0 radical (unpaired) electrons. The Labute approximate surface area is 215 Å². The van der Waals surface area contributed by atoms with Crippen LogP contribution in [0.4, 0.5) is 24.0 Å². The van der Waals surface area contributed by atoms with Crippen molar-refractivity contribution in [3.05, 3.63) is 77.9 Å². The van der Waals surface area contributed by atoms with Crippen molar-refractivity contribution in [1.29, 1.82) is 0 Å². The van der Waals surface area contributed by atoms with Crippen LogP contribution in [0.5, 0.6) is 0 Å². The molecular weight excluding hydrogens is 503 g/mol. The second-order valence-electron chi connectivity index (χ2n) is 8.97. The fourth-order valence-corrected chi connectivity index (χ4v) is 4.70. The largest absolute Gasteiger partial charge is 0.480 e. The zero-order chi connectivity index (χ0) is 26.7. The molecule has 10 heteroatoms. The maximum atomic E-state index is 13.0. The number of carboxylic acid groups (broad SMARTS) is 1. The Hall–Kier alpha value is -3.92. The summed E-state index contributed by atoms with van der Waals surface area (Å²) < 4.78 is 39.3. The van der Waals surface area contributed by atoms with Gasteiger partial charge >= 0.3 is 12.1 Å². The molecule has 3 N–H and O–H groups in total. The lowest BCUT2D eigenvalue weighted by molar-refractivity contribution is -0.140. The number of carbonyl (C=O) groups is 2. The first kappa shape index (κ1) is 26.2. The van der Waals surface area contributed by atoms with E-state index in [1.54, 1.807) is 24.3 Å². The van der Waals surface area contributed by atoms with Gasteiger partial charge < -0.3 is 15.7 Å². The van der Waals surface area contributed by atoms with E-state index in [2.05, 4.69) is 15.6 Å². The van der Waals surface area contributed by atoms with Gasteiger partial charge in [-0.3, -0.25) is 4.79 Å². The van der Waals surface area contributed by atoms with Crippen LogP contribution in [-0.2, 0) is 11.0 Å². The lowest BCUT2D eigenvalue weighted by atomic mass is 10.0. The second-order valence-corrected chi connectivity index (χ2v) is 10.0. The molecule has 192 valence electrons. The number of aliphatic carboxylic acids is 1. The summed E-state index contributed by atoms with van der Waals surface area (Å²) in [5, 5.41) is 15.5. The maximum Gasteiger partial charge on any atom is 0.416 e. The van der Waals surface area contributed by atoms with Crippen LogP contribution in [0.25, 0.3) is 21.3 Å². The van der Waals surface area contributed by atoms with Crippen LogP contribution in [0.2, 0.25) is 0 Å². The van der Waals surface area contributed by atoms with Gasteiger partial charge in [-0.1, -0.05) is 49.4 Å². The van der Waals surface area contributed by atoms with Crippen molar-refractivity contribution >= 4 is 44.2 Å². The molecule has 0 aliphatic heterocycles. The molecule has 1 aromatic heterocycles. The first-order valence-electron chi connectivity index (χ1n) is 11.5. The predicted octanol–water partition coefficient (Wildman–Crippen LogP) is 6.95. The molecule has 4 rings (SSSR count). The van der Waals surface area contributed by atoms with E-state index in [-0.39, 0.29) is 5.92 Å². The zero-order valence-corrected chi connectivity index (χ0v) is 20.8. The van der Waals surface area contributed by atoms with Crippen molar-refractivity contribution in [3.63, 3.8) is 0 Å². The number of carboxylic acids is 1. The van der Waals surface area contributed by atoms with Crippen LogP contribution in [0.15, 0.2) is 66.7 Å². The number of amides is 1. The first-order chi connectivity index (χ1) is 17.5. The van der Waals surface area contributed by atoms with Gasteiger partial charge in [0.1, 0.15) is 6.04 Å². The lowest BCUT2D eigenvalue weighted by Crippen LogP contribution is -2.41. The molecule has 6 nitrogen and oxygen atoms in total. The molecule has 0 unspecified atom stereocenters. The van der Waals surface area contributed by atoms with Crippen LogP contribution in [0, 0.1) is 5.92 Å². The van der Waals surface area contributed by atoms with Gasteiger partial charge in [-0.05, 0) is 65.9 Å². The third-order valence-electron chi connectivity index (χ3n) is 5.64. The van der Waals surface area contributed by atoms with Crippen LogP contribution in [0.1, 0.15) is 36.2 Å². The van der Waals surface area contributed by atoms with E-state index in [1.165, 1.54) is 6.07 Å². The van der Waals surface area contributed by atoms with Crippen molar-refractivity contribution in [2.24, 2.45) is 5.92 Å². The molecule has 0 bridgehead atoms. The average molecular weight is 528 g/mol. The summed E-state index contributed by atoms with van der Waals surface area (Å²) in [6.45, 7) is 3.79. The average Bonchev–Trinajstić information content (AvgIpc) is 3.25. The number of hydrogen-bond acceptors (Lipinski definition) is 5. The number of carbonyl (C=O) groups excluding carboxylic acids is 1. The summed E-state index contributed by atoms with van der Waals surface area (Å²) in [6, 6.07) is 16.8. The van der Waals surface area contributed by atoms with Crippen LogP contribution in [-0.4, -0.2) is 28.0 Å². The second kappa shape index (κ2) is 10.6. The van der Waals surface area contributed by atoms with Gasteiger partial charge in [0.15, 0.2) is 5.13 Å². The van der Waals surface area contributed by atoms with E-state index < -0.39 is 29.7 Å². The molecule has 1 heterocycles. The number of thiazole rings is 1. The summed E-state index contributed by atoms with van der Waals surface area (Å²) in [5.74, 6) is -1.39. The summed E-state index contributed by atoms with van der Waals surface area (Å²) in [4.78, 5) is 28.3. The van der Waals surface area contributed by atoms with Crippen LogP contribution in [0.3, 0.4) is 0 Å². The fraction of sp³-hybridized carbons (Fsp3) is 0.222. The Morgan fingerprint density at radius 3 is 2.16 bits per heavy atom. The van der Waals surface area contributed by atoms with Gasteiger partial charge in [0.25, 0.3) is 5.91 Å². The molecule has 3 aromatic carbocycles. The first-order valence-corrected chi connectivity index (χ1v) is 12.3. The number of fused-ring (bicyclic) bond motifs is 1. The van der Waals surface area contributed by atoms with E-state index in [1.807, 2.05) is 38.1 Å². The van der Waals surface area contributed by atoms with Gasteiger partial charge in [0.05, 0.1) is 15.8 Å². The van der Waals surface area contributed by atoms with Gasteiger partial charge in [-0.15, -0.1) is 0 Å². The minimum Gasteiger partial charge on any atom is -0.480 e. The number of hydrogen-bond donors (Lipinski definition) is 3.